The van der Waals surface area contributed by atoms with Crippen molar-refractivity contribution in [1.29, 1.82) is 0 Å². The molecule has 0 saturated carbocycles. The van der Waals surface area contributed by atoms with Gasteiger partial charge >= 0.3 is 0 Å². The van der Waals surface area contributed by atoms with Crippen molar-refractivity contribution in [3.05, 3.63) is 23.8 Å². The third-order valence-corrected chi connectivity index (χ3v) is 4.81. The molecule has 1 fully saturated rings. The summed E-state index contributed by atoms with van der Waals surface area (Å²) in [5, 5.41) is 9.79. The fourth-order valence-corrected chi connectivity index (χ4v) is 3.85. The second-order valence-corrected chi connectivity index (χ2v) is 6.84. The Morgan fingerprint density at radius 3 is 2.70 bits per heavy atom. The maximum absolute atomic E-state index is 11.5. The van der Waals surface area contributed by atoms with Crippen LogP contribution in [0, 0.1) is 0 Å². The van der Waals surface area contributed by atoms with Gasteiger partial charge in [0.2, 0.25) is 0 Å². The molecule has 1 aromatic carbocycles. The SMILES string of the molecule is CCOc1cccc(CN)c1OC1CS(=O)(=O)CC1O. The van der Waals surface area contributed by atoms with Crippen molar-refractivity contribution in [3.8, 4) is 11.5 Å². The molecule has 1 aliphatic rings. The molecule has 0 radical (unpaired) electrons. The first-order chi connectivity index (χ1) is 9.46. The van der Waals surface area contributed by atoms with Gasteiger partial charge in [0.15, 0.2) is 21.3 Å². The zero-order chi connectivity index (χ0) is 14.8. The fourth-order valence-electron chi connectivity index (χ4n) is 2.19. The summed E-state index contributed by atoms with van der Waals surface area (Å²) in [4.78, 5) is 0. The highest BCUT2D eigenvalue weighted by Gasteiger charge is 2.38. The molecule has 1 aromatic rings. The van der Waals surface area contributed by atoms with Crippen LogP contribution in [0.15, 0.2) is 18.2 Å². The van der Waals surface area contributed by atoms with Crippen molar-refractivity contribution < 1.29 is 23.0 Å². The number of para-hydroxylation sites is 1. The predicted molar refractivity (Wildman–Crippen MR) is 74.6 cm³/mol. The normalized spacial score (nSPS) is 24.6. The van der Waals surface area contributed by atoms with Crippen molar-refractivity contribution in [2.24, 2.45) is 5.73 Å². The van der Waals surface area contributed by atoms with Crippen LogP contribution < -0.4 is 15.2 Å². The molecule has 20 heavy (non-hydrogen) atoms. The molecular weight excluding hydrogens is 282 g/mol. The molecule has 112 valence electrons. The lowest BCUT2D eigenvalue weighted by Crippen LogP contribution is -2.30. The monoisotopic (exact) mass is 301 g/mol. The number of hydrogen-bond donors (Lipinski definition) is 2. The summed E-state index contributed by atoms with van der Waals surface area (Å²) in [7, 11) is -3.26. The van der Waals surface area contributed by atoms with Crippen LogP contribution in [0.4, 0.5) is 0 Å². The quantitative estimate of drug-likeness (QED) is 0.799. The Kier molecular flexibility index (Phi) is 4.52. The van der Waals surface area contributed by atoms with Crippen LogP contribution in [0.1, 0.15) is 12.5 Å². The number of rotatable bonds is 5. The molecule has 1 heterocycles. The summed E-state index contributed by atoms with van der Waals surface area (Å²) in [6.45, 7) is 2.54. The molecule has 1 aliphatic heterocycles. The van der Waals surface area contributed by atoms with Crippen molar-refractivity contribution in [1.82, 2.24) is 0 Å². The van der Waals surface area contributed by atoms with Crippen molar-refractivity contribution >= 4 is 9.84 Å². The van der Waals surface area contributed by atoms with Crippen LogP contribution >= 0.6 is 0 Å². The second-order valence-electron chi connectivity index (χ2n) is 4.68. The Bertz CT molecular complexity index is 572. The topological polar surface area (TPSA) is 98.9 Å². The first-order valence-electron chi connectivity index (χ1n) is 6.46. The number of aliphatic hydroxyl groups is 1. The number of sulfone groups is 1. The first-order valence-corrected chi connectivity index (χ1v) is 8.29. The summed E-state index contributed by atoms with van der Waals surface area (Å²) in [5.74, 6) is 0.454. The Morgan fingerprint density at radius 1 is 1.40 bits per heavy atom. The lowest BCUT2D eigenvalue weighted by Gasteiger charge is -2.20. The Morgan fingerprint density at radius 2 is 2.15 bits per heavy atom. The smallest absolute Gasteiger partial charge is 0.166 e. The lowest BCUT2D eigenvalue weighted by atomic mass is 10.1. The summed E-state index contributed by atoms with van der Waals surface area (Å²) in [6, 6.07) is 5.31. The molecule has 3 N–H and O–H groups in total. The van der Waals surface area contributed by atoms with Gasteiger partial charge in [-0.3, -0.25) is 0 Å². The third-order valence-electron chi connectivity index (χ3n) is 3.12. The van der Waals surface area contributed by atoms with Crippen LogP contribution in [0.3, 0.4) is 0 Å². The Balaban J connectivity index is 2.28. The number of benzene rings is 1. The standard InChI is InChI=1S/C13H19NO5S/c1-2-18-11-5-3-4-9(6-14)13(11)19-12-8-20(16,17)7-10(12)15/h3-5,10,12,15H,2,6-8,14H2,1H3. The number of nitrogens with two attached hydrogens (primary N) is 1. The van der Waals surface area contributed by atoms with Crippen molar-refractivity contribution in [2.45, 2.75) is 25.7 Å². The van der Waals surface area contributed by atoms with Gasteiger partial charge in [-0.2, -0.15) is 0 Å². The van der Waals surface area contributed by atoms with Gasteiger partial charge in [0.05, 0.1) is 18.1 Å². The molecule has 2 atom stereocenters. The van der Waals surface area contributed by atoms with Gasteiger partial charge in [0.25, 0.3) is 0 Å². The van der Waals surface area contributed by atoms with Crippen LogP contribution in [0.2, 0.25) is 0 Å². The molecule has 0 aromatic heterocycles. The molecule has 0 amide bonds. The van der Waals surface area contributed by atoms with Crippen molar-refractivity contribution in [2.75, 3.05) is 18.1 Å². The lowest BCUT2D eigenvalue weighted by molar-refractivity contribution is 0.0707. The summed E-state index contributed by atoms with van der Waals surface area (Å²) in [6.07, 6.45) is -1.81. The fraction of sp³-hybridized carbons (Fsp3) is 0.538. The summed E-state index contributed by atoms with van der Waals surface area (Å²) >= 11 is 0. The minimum absolute atomic E-state index is 0.196. The predicted octanol–water partition coefficient (Wildman–Crippen LogP) is 0.0807. The van der Waals surface area contributed by atoms with Gasteiger partial charge in [0, 0.05) is 12.1 Å². The molecule has 0 aliphatic carbocycles. The van der Waals surface area contributed by atoms with Gasteiger partial charge < -0.3 is 20.3 Å². The van der Waals surface area contributed by atoms with E-state index in [0.717, 1.165) is 0 Å². The van der Waals surface area contributed by atoms with E-state index in [1.165, 1.54) is 0 Å². The molecule has 6 nitrogen and oxygen atoms in total. The number of aliphatic hydroxyl groups excluding tert-OH is 1. The zero-order valence-electron chi connectivity index (χ0n) is 11.3. The largest absolute Gasteiger partial charge is 0.490 e. The van der Waals surface area contributed by atoms with Crippen LogP contribution in [-0.2, 0) is 16.4 Å². The second kappa shape index (κ2) is 5.99. The Hall–Kier alpha value is -1.31. The van der Waals surface area contributed by atoms with Gasteiger partial charge in [-0.15, -0.1) is 0 Å². The van der Waals surface area contributed by atoms with E-state index in [1.807, 2.05) is 6.92 Å². The minimum Gasteiger partial charge on any atom is -0.490 e. The number of ether oxygens (including phenoxy) is 2. The average molecular weight is 301 g/mol. The van der Waals surface area contributed by atoms with Crippen LogP contribution in [-0.4, -0.2) is 43.8 Å². The molecule has 0 bridgehead atoms. The van der Waals surface area contributed by atoms with Gasteiger partial charge in [-0.25, -0.2) is 8.42 Å². The molecule has 2 unspecified atom stereocenters. The van der Waals surface area contributed by atoms with E-state index in [1.54, 1.807) is 18.2 Å². The highest BCUT2D eigenvalue weighted by Crippen LogP contribution is 2.33. The minimum atomic E-state index is -3.26. The summed E-state index contributed by atoms with van der Waals surface area (Å²) < 4.78 is 34.2. The molecule has 7 heteroatoms. The highest BCUT2D eigenvalue weighted by molar-refractivity contribution is 7.91. The van der Waals surface area contributed by atoms with Gasteiger partial charge in [-0.05, 0) is 13.0 Å². The zero-order valence-corrected chi connectivity index (χ0v) is 12.1. The third kappa shape index (κ3) is 3.23. The van der Waals surface area contributed by atoms with Gasteiger partial charge in [0.1, 0.15) is 12.2 Å². The van der Waals surface area contributed by atoms with E-state index in [4.69, 9.17) is 15.2 Å². The summed E-state index contributed by atoms with van der Waals surface area (Å²) in [5.41, 5.74) is 6.38. The van der Waals surface area contributed by atoms with Crippen LogP contribution in [0.5, 0.6) is 11.5 Å². The maximum atomic E-state index is 11.5. The van der Waals surface area contributed by atoms with E-state index in [2.05, 4.69) is 0 Å². The van der Waals surface area contributed by atoms with E-state index in [0.29, 0.717) is 23.7 Å². The average Bonchev–Trinajstić information content (AvgIpc) is 2.64. The number of hydrogen-bond acceptors (Lipinski definition) is 6. The van der Waals surface area contributed by atoms with E-state index >= 15 is 0 Å². The van der Waals surface area contributed by atoms with Crippen molar-refractivity contribution in [3.63, 3.8) is 0 Å². The van der Waals surface area contributed by atoms with E-state index in [9.17, 15) is 13.5 Å². The van der Waals surface area contributed by atoms with E-state index in [-0.39, 0.29) is 18.1 Å². The van der Waals surface area contributed by atoms with Gasteiger partial charge in [-0.1, -0.05) is 12.1 Å². The Labute approximate surface area is 118 Å². The first kappa shape index (κ1) is 15.1. The molecule has 2 rings (SSSR count). The van der Waals surface area contributed by atoms with E-state index < -0.39 is 22.0 Å². The highest BCUT2D eigenvalue weighted by atomic mass is 32.2. The molecule has 0 spiro atoms. The molecule has 1 saturated heterocycles. The maximum Gasteiger partial charge on any atom is 0.166 e. The van der Waals surface area contributed by atoms with Crippen LogP contribution in [0.25, 0.3) is 0 Å². The molecular formula is C13H19NO5S.